The molecule has 0 heterocycles. The number of nitrogens with two attached hydrogens (primary N) is 4. The Kier molecular flexibility index (Phi) is 63.4. The van der Waals surface area contributed by atoms with E-state index in [4.69, 9.17) is 22.9 Å². The third-order valence-electron chi connectivity index (χ3n) is 16.1. The van der Waals surface area contributed by atoms with E-state index in [-0.39, 0.29) is 23.9 Å². The zero-order chi connectivity index (χ0) is 59.9. The van der Waals surface area contributed by atoms with E-state index >= 15 is 0 Å². The zero-order valence-corrected chi connectivity index (χ0v) is 54.8. The number of unbranched alkanes of at least 4 members (excludes halogenated alkanes) is 24. The van der Waals surface area contributed by atoms with Crippen LogP contribution in [-0.4, -0.2) is 152 Å². The number of rotatable bonds is 67. The molecule has 0 aromatic heterocycles. The van der Waals surface area contributed by atoms with E-state index in [0.717, 1.165) is 130 Å². The summed E-state index contributed by atoms with van der Waals surface area (Å²) in [7, 11) is 0. The molecular formula is C68H142N12O2. The first-order valence-corrected chi connectivity index (χ1v) is 35.2. The maximum atomic E-state index is 13.7. The van der Waals surface area contributed by atoms with Gasteiger partial charge in [-0.15, -0.1) is 0 Å². The maximum absolute atomic E-state index is 13.7. The van der Waals surface area contributed by atoms with Crippen LogP contribution in [0.2, 0.25) is 0 Å². The SMILES string of the molecule is CCCCCCCC/C=C\CCCCCCCCN(CCN(CCCCCCCC/C=C\CCCCCCCC)CC(C)CNC(=O)C(CCCNCCCN)NCCCN)CC(C)CNC(=O)C(CCCNCCCN)NCCCN. The summed E-state index contributed by atoms with van der Waals surface area (Å²) >= 11 is 0. The number of nitrogens with one attached hydrogen (secondary N) is 6. The molecule has 0 aliphatic carbocycles. The lowest BCUT2D eigenvalue weighted by Gasteiger charge is -2.31. The smallest absolute Gasteiger partial charge is 0.237 e. The summed E-state index contributed by atoms with van der Waals surface area (Å²) in [6.45, 7) is 24.3. The van der Waals surface area contributed by atoms with Gasteiger partial charge in [0.25, 0.3) is 0 Å². The number of carbonyl (C=O) groups excluding carboxylic acids is 2. The van der Waals surface area contributed by atoms with Gasteiger partial charge in [0, 0.05) is 39.3 Å². The molecule has 0 bridgehead atoms. The van der Waals surface area contributed by atoms with Gasteiger partial charge < -0.3 is 64.6 Å². The second-order valence-corrected chi connectivity index (χ2v) is 24.5. The summed E-state index contributed by atoms with van der Waals surface area (Å²) < 4.78 is 0. The Morgan fingerprint density at radius 2 is 0.659 bits per heavy atom. The molecule has 0 aromatic rings. The van der Waals surface area contributed by atoms with Crippen LogP contribution in [0, 0.1) is 11.8 Å². The van der Waals surface area contributed by atoms with Crippen LogP contribution in [0.3, 0.4) is 0 Å². The maximum Gasteiger partial charge on any atom is 0.237 e. The van der Waals surface area contributed by atoms with E-state index in [1.165, 1.54) is 180 Å². The third-order valence-corrected chi connectivity index (χ3v) is 16.1. The molecule has 486 valence electrons. The summed E-state index contributed by atoms with van der Waals surface area (Å²) in [5.41, 5.74) is 23.1. The van der Waals surface area contributed by atoms with Crippen molar-refractivity contribution < 1.29 is 9.59 Å². The number of hydrogen-bond acceptors (Lipinski definition) is 12. The average molecular weight is 1160 g/mol. The molecule has 0 radical (unpaired) electrons. The van der Waals surface area contributed by atoms with Crippen molar-refractivity contribution in [2.75, 3.05) is 118 Å². The Morgan fingerprint density at radius 3 is 0.988 bits per heavy atom. The normalized spacial score (nSPS) is 13.5. The molecule has 0 aliphatic rings. The highest BCUT2D eigenvalue weighted by molar-refractivity contribution is 5.82. The highest BCUT2D eigenvalue weighted by atomic mass is 16.2. The first kappa shape index (κ1) is 80.0. The Hall–Kier alpha value is -1.98. The molecule has 14 nitrogen and oxygen atoms in total. The van der Waals surface area contributed by atoms with E-state index in [2.05, 4.69) is 93.7 Å². The quantitative estimate of drug-likeness (QED) is 0.0203. The van der Waals surface area contributed by atoms with Gasteiger partial charge in [-0.25, -0.2) is 0 Å². The minimum atomic E-state index is -0.221. The fraction of sp³-hybridized carbons (Fsp3) is 0.912. The molecule has 2 amide bonds. The predicted molar refractivity (Wildman–Crippen MR) is 359 cm³/mol. The van der Waals surface area contributed by atoms with Crippen molar-refractivity contribution in [3.05, 3.63) is 24.3 Å². The van der Waals surface area contributed by atoms with Crippen LogP contribution in [0.15, 0.2) is 24.3 Å². The zero-order valence-electron chi connectivity index (χ0n) is 54.8. The number of nitrogens with zero attached hydrogens (tertiary/aromatic N) is 2. The van der Waals surface area contributed by atoms with Crippen LogP contribution < -0.4 is 54.8 Å². The molecule has 0 aromatic carbocycles. The fourth-order valence-electron chi connectivity index (χ4n) is 10.8. The third kappa shape index (κ3) is 55.9. The minimum absolute atomic E-state index is 0.0987. The Bertz CT molecular complexity index is 1280. The molecule has 4 unspecified atom stereocenters. The molecule has 0 saturated heterocycles. The van der Waals surface area contributed by atoms with Crippen molar-refractivity contribution in [2.45, 2.75) is 271 Å². The van der Waals surface area contributed by atoms with Crippen molar-refractivity contribution in [3.8, 4) is 0 Å². The Morgan fingerprint density at radius 1 is 0.366 bits per heavy atom. The lowest BCUT2D eigenvalue weighted by atomic mass is 10.1. The van der Waals surface area contributed by atoms with Crippen LogP contribution in [0.5, 0.6) is 0 Å². The highest BCUT2D eigenvalue weighted by Gasteiger charge is 2.21. The van der Waals surface area contributed by atoms with Crippen LogP contribution >= 0.6 is 0 Å². The fourth-order valence-corrected chi connectivity index (χ4v) is 10.8. The van der Waals surface area contributed by atoms with Gasteiger partial charge in [0.2, 0.25) is 11.8 Å². The number of allylic oxidation sites excluding steroid dienone is 4. The second kappa shape index (κ2) is 65.0. The molecule has 0 rings (SSSR count). The van der Waals surface area contributed by atoms with Gasteiger partial charge in [-0.3, -0.25) is 9.59 Å². The average Bonchev–Trinajstić information content (AvgIpc) is 3.47. The van der Waals surface area contributed by atoms with Gasteiger partial charge in [-0.05, 0) is 206 Å². The van der Waals surface area contributed by atoms with Gasteiger partial charge in [0.15, 0.2) is 0 Å². The molecule has 82 heavy (non-hydrogen) atoms. The molecule has 0 aliphatic heterocycles. The summed E-state index contributed by atoms with van der Waals surface area (Å²) in [5, 5.41) is 20.7. The van der Waals surface area contributed by atoms with E-state index in [0.29, 0.717) is 51.1 Å². The molecule has 0 saturated carbocycles. The predicted octanol–water partition coefficient (Wildman–Crippen LogP) is 11.2. The molecule has 4 atom stereocenters. The lowest BCUT2D eigenvalue weighted by Crippen LogP contribution is -2.48. The largest absolute Gasteiger partial charge is 0.354 e. The topological polar surface area (TPSA) is 217 Å². The van der Waals surface area contributed by atoms with Crippen molar-refractivity contribution >= 4 is 11.8 Å². The standard InChI is InChI=1S/C68H142N12O2/c1-5-7-9-11-13-15-17-19-21-23-25-27-29-31-33-35-55-79(61-63(3)59-77-67(81)65(75-53-41-47-71)43-37-49-73-51-39-45-69)57-58-80(56-36-34-32-30-28-26-24-22-20-18-16-14-12-10-8-6-2)62-64(4)60-78-68(82)66(76-54-42-48-72)44-38-50-74-52-40-46-70/h19-22,63-66,73-76H,5-18,23-62,69-72H2,1-4H3,(H,77,81)(H,78,82)/b21-19-,22-20-. The molecule has 0 spiro atoms. The van der Waals surface area contributed by atoms with Crippen LogP contribution in [-0.2, 0) is 9.59 Å². The Balaban J connectivity index is 5.83. The van der Waals surface area contributed by atoms with Crippen LogP contribution in [0.25, 0.3) is 0 Å². The van der Waals surface area contributed by atoms with Crippen molar-refractivity contribution in [3.63, 3.8) is 0 Å². The summed E-state index contributed by atoms with van der Waals surface area (Å²) in [6.07, 6.45) is 53.5. The monoisotopic (exact) mass is 1160 g/mol. The second-order valence-electron chi connectivity index (χ2n) is 24.5. The minimum Gasteiger partial charge on any atom is -0.354 e. The Labute approximate surface area is 508 Å². The van der Waals surface area contributed by atoms with E-state index in [1.807, 2.05) is 0 Å². The number of hydrogen-bond donors (Lipinski definition) is 10. The molecule has 14 heteroatoms. The van der Waals surface area contributed by atoms with Gasteiger partial charge >= 0.3 is 0 Å². The van der Waals surface area contributed by atoms with E-state index in [1.54, 1.807) is 0 Å². The van der Waals surface area contributed by atoms with Crippen molar-refractivity contribution in [2.24, 2.45) is 34.8 Å². The van der Waals surface area contributed by atoms with Crippen LogP contribution in [0.1, 0.15) is 259 Å². The molecular weight excluding hydrogens is 1020 g/mol. The number of amides is 2. The van der Waals surface area contributed by atoms with E-state index < -0.39 is 0 Å². The first-order chi connectivity index (χ1) is 40.3. The van der Waals surface area contributed by atoms with Crippen LogP contribution in [0.4, 0.5) is 0 Å². The lowest BCUT2D eigenvalue weighted by molar-refractivity contribution is -0.124. The first-order valence-electron chi connectivity index (χ1n) is 35.2. The highest BCUT2D eigenvalue weighted by Crippen LogP contribution is 2.15. The van der Waals surface area contributed by atoms with Gasteiger partial charge in [0.05, 0.1) is 12.1 Å². The number of carbonyl (C=O) groups is 2. The van der Waals surface area contributed by atoms with Gasteiger partial charge in [0.1, 0.15) is 0 Å². The summed E-state index contributed by atoms with van der Waals surface area (Å²) in [6, 6.07) is -0.442. The summed E-state index contributed by atoms with van der Waals surface area (Å²) in [5.74, 6) is 0.822. The van der Waals surface area contributed by atoms with Gasteiger partial charge in [-0.1, -0.05) is 168 Å². The summed E-state index contributed by atoms with van der Waals surface area (Å²) in [4.78, 5) is 32.8. The molecule has 14 N–H and O–H groups in total. The van der Waals surface area contributed by atoms with E-state index in [9.17, 15) is 9.59 Å². The van der Waals surface area contributed by atoms with Crippen molar-refractivity contribution in [1.82, 2.24) is 41.7 Å². The van der Waals surface area contributed by atoms with Gasteiger partial charge in [-0.2, -0.15) is 0 Å². The molecule has 0 fully saturated rings. The van der Waals surface area contributed by atoms with Crippen molar-refractivity contribution in [1.29, 1.82) is 0 Å².